The van der Waals surface area contributed by atoms with Gasteiger partial charge >= 0.3 is 4.87 Å². The van der Waals surface area contributed by atoms with Gasteiger partial charge in [-0.3, -0.25) is 14.3 Å². The van der Waals surface area contributed by atoms with Crippen LogP contribution in [0.1, 0.15) is 10.4 Å². The molecule has 1 aromatic heterocycles. The smallest absolute Gasteiger partial charge is 0.307 e. The van der Waals surface area contributed by atoms with Crippen molar-refractivity contribution in [2.45, 2.75) is 4.90 Å². The highest BCUT2D eigenvalue weighted by Crippen LogP contribution is 2.25. The standard InChI is InChI=1S/C21H16ClN3O4S2/c1-25-18-10-8-13(12-19(18)30-21(25)27)23-20(26)16-11-14(7-9-17(16)22)24-31(28,29)15-5-3-2-4-6-15/h2-12,24H,1H3,(H,23,26). The average Bonchev–Trinajstić information content (AvgIpc) is 3.03. The third kappa shape index (κ3) is 4.34. The molecule has 0 unspecified atom stereocenters. The zero-order valence-corrected chi connectivity index (χ0v) is 18.5. The first kappa shape index (κ1) is 21.1. The molecule has 0 spiro atoms. The van der Waals surface area contributed by atoms with Crippen molar-refractivity contribution < 1.29 is 13.2 Å². The van der Waals surface area contributed by atoms with Gasteiger partial charge < -0.3 is 9.88 Å². The van der Waals surface area contributed by atoms with E-state index in [9.17, 15) is 18.0 Å². The topological polar surface area (TPSA) is 97.3 Å². The van der Waals surface area contributed by atoms with Crippen LogP contribution in [0.15, 0.2) is 76.4 Å². The van der Waals surface area contributed by atoms with Crippen molar-refractivity contribution in [3.05, 3.63) is 87.0 Å². The van der Waals surface area contributed by atoms with Crippen LogP contribution in [0.3, 0.4) is 0 Å². The summed E-state index contributed by atoms with van der Waals surface area (Å²) in [6.07, 6.45) is 0. The number of hydrogen-bond donors (Lipinski definition) is 2. The molecule has 4 aromatic rings. The molecule has 0 radical (unpaired) electrons. The van der Waals surface area contributed by atoms with E-state index in [2.05, 4.69) is 10.0 Å². The van der Waals surface area contributed by atoms with E-state index >= 15 is 0 Å². The second-order valence-corrected chi connectivity index (χ2v) is 9.76. The summed E-state index contributed by atoms with van der Waals surface area (Å²) in [6, 6.07) is 17.3. The van der Waals surface area contributed by atoms with Crippen LogP contribution in [0.5, 0.6) is 0 Å². The Labute approximate surface area is 187 Å². The molecule has 3 aromatic carbocycles. The van der Waals surface area contributed by atoms with Gasteiger partial charge in [0, 0.05) is 18.4 Å². The summed E-state index contributed by atoms with van der Waals surface area (Å²) in [5.74, 6) is -0.506. The first-order valence-corrected chi connectivity index (χ1v) is 11.7. The molecule has 0 aliphatic carbocycles. The predicted octanol–water partition coefficient (Wildman–Crippen LogP) is 4.31. The summed E-state index contributed by atoms with van der Waals surface area (Å²) in [5, 5.41) is 2.91. The second-order valence-electron chi connectivity index (χ2n) is 6.68. The van der Waals surface area contributed by atoms with Crippen LogP contribution in [0.2, 0.25) is 5.02 Å². The number of sulfonamides is 1. The maximum Gasteiger partial charge on any atom is 0.307 e. The van der Waals surface area contributed by atoms with E-state index in [1.54, 1.807) is 43.4 Å². The Kier molecular flexibility index (Phi) is 5.57. The number of aryl methyl sites for hydroxylation is 1. The molecule has 0 aliphatic heterocycles. The van der Waals surface area contributed by atoms with E-state index < -0.39 is 15.9 Å². The average molecular weight is 474 g/mol. The van der Waals surface area contributed by atoms with Gasteiger partial charge in [-0.05, 0) is 48.5 Å². The molecule has 7 nitrogen and oxygen atoms in total. The molecule has 158 valence electrons. The Balaban J connectivity index is 1.59. The number of carbonyl (C=O) groups excluding carboxylic acids is 1. The molecule has 0 fully saturated rings. The number of rotatable bonds is 5. The van der Waals surface area contributed by atoms with E-state index in [0.29, 0.717) is 5.69 Å². The third-order valence-corrected chi connectivity index (χ3v) is 7.29. The van der Waals surface area contributed by atoms with E-state index in [0.717, 1.165) is 21.6 Å². The van der Waals surface area contributed by atoms with Gasteiger partial charge in [-0.1, -0.05) is 41.1 Å². The number of nitrogens with one attached hydrogen (secondary N) is 2. The van der Waals surface area contributed by atoms with Crippen molar-refractivity contribution in [2.24, 2.45) is 7.05 Å². The van der Waals surface area contributed by atoms with Crippen molar-refractivity contribution >= 4 is 60.5 Å². The van der Waals surface area contributed by atoms with E-state index in [1.165, 1.54) is 34.9 Å². The Morgan fingerprint density at radius 1 is 1.00 bits per heavy atom. The minimum atomic E-state index is -3.81. The van der Waals surface area contributed by atoms with E-state index in [4.69, 9.17) is 11.6 Å². The van der Waals surface area contributed by atoms with E-state index in [-0.39, 0.29) is 26.0 Å². The maximum absolute atomic E-state index is 12.8. The summed E-state index contributed by atoms with van der Waals surface area (Å²) >= 11 is 7.26. The number of anilines is 2. The fourth-order valence-electron chi connectivity index (χ4n) is 2.99. The number of halogens is 1. The molecule has 0 saturated heterocycles. The zero-order chi connectivity index (χ0) is 22.2. The van der Waals surface area contributed by atoms with Gasteiger partial charge in [0.05, 0.1) is 25.7 Å². The van der Waals surface area contributed by atoms with Gasteiger partial charge in [-0.2, -0.15) is 0 Å². The van der Waals surface area contributed by atoms with Gasteiger partial charge in [0.15, 0.2) is 0 Å². The van der Waals surface area contributed by atoms with Crippen molar-refractivity contribution in [3.8, 4) is 0 Å². The molecule has 1 amide bonds. The third-order valence-electron chi connectivity index (χ3n) is 4.57. The quantitative estimate of drug-likeness (QED) is 0.451. The van der Waals surface area contributed by atoms with Crippen LogP contribution in [0.25, 0.3) is 10.2 Å². The van der Waals surface area contributed by atoms with Crippen LogP contribution < -0.4 is 14.9 Å². The fraction of sp³-hybridized carbons (Fsp3) is 0.0476. The van der Waals surface area contributed by atoms with Crippen molar-refractivity contribution in [3.63, 3.8) is 0 Å². The molecule has 0 atom stereocenters. The summed E-state index contributed by atoms with van der Waals surface area (Å²) in [6.45, 7) is 0. The molecule has 2 N–H and O–H groups in total. The van der Waals surface area contributed by atoms with Gasteiger partial charge in [-0.15, -0.1) is 0 Å². The first-order chi connectivity index (χ1) is 14.7. The molecule has 31 heavy (non-hydrogen) atoms. The van der Waals surface area contributed by atoms with Crippen molar-refractivity contribution in [2.75, 3.05) is 10.0 Å². The zero-order valence-electron chi connectivity index (χ0n) is 16.1. The molecule has 10 heteroatoms. The monoisotopic (exact) mass is 473 g/mol. The van der Waals surface area contributed by atoms with Gasteiger partial charge in [0.2, 0.25) is 0 Å². The Morgan fingerprint density at radius 3 is 2.45 bits per heavy atom. The normalized spacial score (nSPS) is 11.4. The largest absolute Gasteiger partial charge is 0.322 e. The number of aromatic nitrogens is 1. The molecule has 0 aliphatic rings. The van der Waals surface area contributed by atoms with Crippen LogP contribution in [0, 0.1) is 0 Å². The lowest BCUT2D eigenvalue weighted by molar-refractivity contribution is 0.102. The highest BCUT2D eigenvalue weighted by Gasteiger charge is 2.17. The predicted molar refractivity (Wildman–Crippen MR) is 124 cm³/mol. The summed E-state index contributed by atoms with van der Waals surface area (Å²) in [7, 11) is -2.13. The first-order valence-electron chi connectivity index (χ1n) is 9.03. The van der Waals surface area contributed by atoms with Crippen LogP contribution in [0.4, 0.5) is 11.4 Å². The summed E-state index contributed by atoms with van der Waals surface area (Å²) in [5.41, 5.74) is 1.57. The minimum Gasteiger partial charge on any atom is -0.322 e. The minimum absolute atomic E-state index is 0.0973. The SMILES string of the molecule is Cn1c(=O)sc2cc(NC(=O)c3cc(NS(=O)(=O)c4ccccc4)ccc3Cl)ccc21. The Hall–Kier alpha value is -3.14. The highest BCUT2D eigenvalue weighted by molar-refractivity contribution is 7.92. The number of fused-ring (bicyclic) bond motifs is 1. The molecule has 4 rings (SSSR count). The van der Waals surface area contributed by atoms with Crippen LogP contribution in [-0.2, 0) is 17.1 Å². The highest BCUT2D eigenvalue weighted by atomic mass is 35.5. The lowest BCUT2D eigenvalue weighted by atomic mass is 10.2. The van der Waals surface area contributed by atoms with Gasteiger partial charge in [0.25, 0.3) is 15.9 Å². The van der Waals surface area contributed by atoms with E-state index in [1.807, 2.05) is 0 Å². The van der Waals surface area contributed by atoms with Crippen molar-refractivity contribution in [1.82, 2.24) is 4.57 Å². The molecule has 0 saturated carbocycles. The lowest BCUT2D eigenvalue weighted by Crippen LogP contribution is -2.15. The molecular formula is C21H16ClN3O4S2. The Morgan fingerprint density at radius 2 is 1.71 bits per heavy atom. The Bertz CT molecular complexity index is 1460. The number of nitrogens with zero attached hydrogens (tertiary/aromatic N) is 1. The number of hydrogen-bond acceptors (Lipinski definition) is 5. The van der Waals surface area contributed by atoms with Crippen molar-refractivity contribution in [1.29, 1.82) is 0 Å². The fourth-order valence-corrected chi connectivity index (χ4v) is 5.18. The molecule has 0 bridgehead atoms. The second kappa shape index (κ2) is 8.18. The number of amides is 1. The molecule has 1 heterocycles. The maximum atomic E-state index is 12.8. The lowest BCUT2D eigenvalue weighted by Gasteiger charge is -2.11. The number of carbonyl (C=O) groups is 1. The summed E-state index contributed by atoms with van der Waals surface area (Å²) in [4.78, 5) is 24.6. The van der Waals surface area contributed by atoms with Gasteiger partial charge in [-0.25, -0.2) is 8.42 Å². The number of thiazole rings is 1. The number of benzene rings is 3. The van der Waals surface area contributed by atoms with Crippen LogP contribution in [-0.4, -0.2) is 18.9 Å². The molecular weight excluding hydrogens is 458 g/mol. The van der Waals surface area contributed by atoms with Crippen LogP contribution >= 0.6 is 22.9 Å². The summed E-state index contributed by atoms with van der Waals surface area (Å²) < 4.78 is 29.8. The van der Waals surface area contributed by atoms with Gasteiger partial charge in [0.1, 0.15) is 0 Å².